The molecule has 5 rings (SSSR count). The third kappa shape index (κ3) is 5.00. The minimum absolute atomic E-state index is 0.0387. The number of methoxy groups -OCH3 is 1. The van der Waals surface area contributed by atoms with E-state index in [1.54, 1.807) is 23.0 Å². The molecule has 0 amide bonds. The van der Waals surface area contributed by atoms with E-state index in [-0.39, 0.29) is 41.1 Å². The van der Waals surface area contributed by atoms with E-state index in [4.69, 9.17) is 10.1 Å². The molecule has 16 heteroatoms. The molecule has 222 valence electrons. The number of imidazole rings is 1. The highest BCUT2D eigenvalue weighted by Gasteiger charge is 2.35. The summed E-state index contributed by atoms with van der Waals surface area (Å²) >= 11 is 0. The lowest BCUT2D eigenvalue weighted by molar-refractivity contribution is -0.141. The Hall–Kier alpha value is -4.63. The van der Waals surface area contributed by atoms with Gasteiger partial charge in [0, 0.05) is 12.1 Å². The number of alkyl halides is 6. The number of ether oxygens (including phenoxy) is 1. The van der Waals surface area contributed by atoms with Gasteiger partial charge >= 0.3 is 6.18 Å². The molecule has 0 spiro atoms. The Bertz CT molecular complexity index is 1800. The Balaban J connectivity index is 1.59. The van der Waals surface area contributed by atoms with E-state index in [1.165, 1.54) is 30.0 Å². The zero-order valence-electron chi connectivity index (χ0n) is 22.7. The molecule has 10 nitrogen and oxygen atoms in total. The van der Waals surface area contributed by atoms with Gasteiger partial charge in [0.2, 0.25) is 17.8 Å². The first-order chi connectivity index (χ1) is 19.8. The molecule has 42 heavy (non-hydrogen) atoms. The smallest absolute Gasteiger partial charge is 0.435 e. The number of aryl methyl sites for hydroxylation is 1. The predicted octanol–water partition coefficient (Wildman–Crippen LogP) is 5.46. The number of halogens is 6. The lowest BCUT2D eigenvalue weighted by atomic mass is 10.2. The molecule has 0 bridgehead atoms. The van der Waals surface area contributed by atoms with E-state index in [0.717, 1.165) is 16.3 Å². The lowest BCUT2D eigenvalue weighted by Crippen LogP contribution is -2.29. The van der Waals surface area contributed by atoms with Crippen molar-refractivity contribution in [3.8, 4) is 23.1 Å². The van der Waals surface area contributed by atoms with Gasteiger partial charge in [0.05, 0.1) is 31.7 Å². The molecular formula is C26H25F6N9O. The summed E-state index contributed by atoms with van der Waals surface area (Å²) in [6, 6.07) is 6.79. The maximum absolute atomic E-state index is 14.7. The molecule has 0 aliphatic rings. The van der Waals surface area contributed by atoms with Crippen LogP contribution in [0.5, 0.6) is 5.88 Å². The first-order valence-electron chi connectivity index (χ1n) is 12.6. The number of aromatic nitrogens is 8. The van der Waals surface area contributed by atoms with E-state index in [0.29, 0.717) is 15.8 Å². The molecule has 1 aromatic carbocycles. The maximum Gasteiger partial charge on any atom is 0.435 e. The van der Waals surface area contributed by atoms with Crippen molar-refractivity contribution in [1.82, 2.24) is 38.7 Å². The van der Waals surface area contributed by atoms with Gasteiger partial charge in [-0.05, 0) is 44.0 Å². The molecule has 0 radical (unpaired) electrons. The molecule has 1 N–H and O–H groups in total. The number of fused-ring (bicyclic) bond motifs is 1. The molecule has 0 aliphatic heterocycles. The summed E-state index contributed by atoms with van der Waals surface area (Å²) in [7, 11) is 1.22. The van der Waals surface area contributed by atoms with Crippen LogP contribution in [-0.4, -0.2) is 52.2 Å². The molecule has 0 saturated heterocycles. The van der Waals surface area contributed by atoms with Crippen LogP contribution in [0.25, 0.3) is 28.4 Å². The number of nitrogens with zero attached hydrogens (tertiary/aromatic N) is 8. The highest BCUT2D eigenvalue weighted by molar-refractivity contribution is 5.74. The summed E-state index contributed by atoms with van der Waals surface area (Å²) in [6.45, 7) is 5.54. The summed E-state index contributed by atoms with van der Waals surface area (Å²) in [6.07, 6.45) is -8.07. The van der Waals surface area contributed by atoms with E-state index < -0.39 is 30.2 Å². The average Bonchev–Trinajstić information content (AvgIpc) is 3.62. The van der Waals surface area contributed by atoms with E-state index in [9.17, 15) is 26.3 Å². The Morgan fingerprint density at radius 1 is 1.05 bits per heavy atom. The van der Waals surface area contributed by atoms with Gasteiger partial charge in [-0.3, -0.25) is 19.2 Å². The number of nitrogens with one attached hydrogen (secondary N) is 1. The van der Waals surface area contributed by atoms with Crippen LogP contribution >= 0.6 is 0 Å². The average molecular weight is 594 g/mol. The summed E-state index contributed by atoms with van der Waals surface area (Å²) in [5.74, 6) is 0.0771. The molecule has 1 unspecified atom stereocenters. The van der Waals surface area contributed by atoms with Crippen molar-refractivity contribution < 1.29 is 31.1 Å². The minimum atomic E-state index is -4.67. The van der Waals surface area contributed by atoms with Crippen molar-refractivity contribution >= 4 is 11.2 Å². The van der Waals surface area contributed by atoms with Gasteiger partial charge in [0.25, 0.3) is 6.43 Å². The second-order valence-electron chi connectivity index (χ2n) is 9.75. The normalized spacial score (nSPS) is 13.0. The Morgan fingerprint density at radius 2 is 1.74 bits per heavy atom. The number of hydrogen-bond donors (Lipinski definition) is 1. The number of hydrogen-bond acceptors (Lipinski definition) is 6. The fourth-order valence-electron chi connectivity index (χ4n) is 4.58. The van der Waals surface area contributed by atoms with E-state index >= 15 is 0 Å². The van der Waals surface area contributed by atoms with Crippen molar-refractivity contribution in [1.29, 1.82) is 5.41 Å². The topological polar surface area (TPSA) is 104 Å². The van der Waals surface area contributed by atoms with Crippen LogP contribution in [0.2, 0.25) is 0 Å². The lowest BCUT2D eigenvalue weighted by Gasteiger charge is -2.12. The van der Waals surface area contributed by atoms with Crippen molar-refractivity contribution in [3.63, 3.8) is 0 Å². The first-order valence-corrected chi connectivity index (χ1v) is 12.6. The Labute approximate surface area is 234 Å². The first kappa shape index (κ1) is 28.9. The van der Waals surface area contributed by atoms with Gasteiger partial charge in [-0.25, -0.2) is 27.8 Å². The number of benzene rings is 1. The van der Waals surface area contributed by atoms with Crippen LogP contribution in [-0.2, 0) is 12.7 Å². The second-order valence-corrected chi connectivity index (χ2v) is 9.75. The maximum atomic E-state index is 14.7. The molecule has 0 aliphatic carbocycles. The zero-order chi connectivity index (χ0) is 30.5. The summed E-state index contributed by atoms with van der Waals surface area (Å²) in [5.41, 5.74) is 0.344. The molecule has 4 heterocycles. The highest BCUT2D eigenvalue weighted by atomic mass is 19.4. The van der Waals surface area contributed by atoms with Gasteiger partial charge in [-0.2, -0.15) is 23.4 Å². The Kier molecular flexibility index (Phi) is 7.32. The van der Waals surface area contributed by atoms with Crippen LogP contribution in [0.4, 0.5) is 26.3 Å². The Morgan fingerprint density at radius 3 is 2.33 bits per heavy atom. The van der Waals surface area contributed by atoms with Crippen LogP contribution in [0.1, 0.15) is 43.0 Å². The molecule has 5 aromatic rings. The van der Waals surface area contributed by atoms with Crippen LogP contribution in [0.15, 0.2) is 42.7 Å². The predicted molar refractivity (Wildman–Crippen MR) is 138 cm³/mol. The quantitative estimate of drug-likeness (QED) is 0.241. The van der Waals surface area contributed by atoms with Crippen LogP contribution < -0.4 is 10.4 Å². The van der Waals surface area contributed by atoms with E-state index in [1.807, 2.05) is 20.8 Å². The third-order valence-corrected chi connectivity index (χ3v) is 6.58. The molecular weight excluding hydrogens is 568 g/mol. The molecule has 4 aromatic heterocycles. The van der Waals surface area contributed by atoms with Crippen molar-refractivity contribution in [2.75, 3.05) is 7.11 Å². The summed E-state index contributed by atoms with van der Waals surface area (Å²) in [4.78, 5) is 8.85. The fourth-order valence-corrected chi connectivity index (χ4v) is 4.58. The van der Waals surface area contributed by atoms with Crippen molar-refractivity contribution in [3.05, 3.63) is 65.2 Å². The fraction of sp³-hybridized carbons (Fsp3) is 0.346. The van der Waals surface area contributed by atoms with Gasteiger partial charge in [-0.1, -0.05) is 12.1 Å². The minimum Gasteiger partial charge on any atom is -0.481 e. The third-order valence-electron chi connectivity index (χ3n) is 6.58. The molecule has 0 fully saturated rings. The summed E-state index contributed by atoms with van der Waals surface area (Å²) in [5, 5.41) is 16.5. The van der Waals surface area contributed by atoms with Crippen molar-refractivity contribution in [2.45, 2.75) is 52.3 Å². The van der Waals surface area contributed by atoms with Crippen LogP contribution in [0.3, 0.4) is 0 Å². The van der Waals surface area contributed by atoms with Gasteiger partial charge < -0.3 is 4.74 Å². The van der Waals surface area contributed by atoms with Gasteiger partial charge in [0.1, 0.15) is 11.2 Å². The summed E-state index contributed by atoms with van der Waals surface area (Å²) < 4.78 is 90.7. The zero-order valence-corrected chi connectivity index (χ0v) is 22.7. The standard InChI is InChI=1S/C26H25F6N9O/c1-13(2)40-20(14(3)10-35-40)23-34-11-17-24(36-23)38(25(33)39(17)22(29)21(27)28)12-15-5-7-16(8-6-15)41-19(42-4)9-18(37-41)26(30,31)32/h5-11,13,21-22,33H,12H2,1-4H3. The van der Waals surface area contributed by atoms with E-state index in [2.05, 4.69) is 20.2 Å². The van der Waals surface area contributed by atoms with Gasteiger partial charge in [-0.15, -0.1) is 0 Å². The monoisotopic (exact) mass is 593 g/mol. The van der Waals surface area contributed by atoms with Gasteiger partial charge in [0.15, 0.2) is 17.2 Å². The molecule has 1 atom stereocenters. The second kappa shape index (κ2) is 10.6. The van der Waals surface area contributed by atoms with Crippen molar-refractivity contribution in [2.24, 2.45) is 0 Å². The highest BCUT2D eigenvalue weighted by Crippen LogP contribution is 2.32. The largest absolute Gasteiger partial charge is 0.481 e. The number of rotatable bonds is 8. The SMILES string of the molecule is COc1cc(C(F)(F)F)nn1-c1ccc(Cn2c(=N)n(C(F)C(F)F)c3cnc(-c4c(C)cnn4C(C)C)nc32)cc1. The van der Waals surface area contributed by atoms with Crippen LogP contribution in [0, 0.1) is 12.3 Å². The molecule has 0 saturated carbocycles.